The van der Waals surface area contributed by atoms with Gasteiger partial charge < -0.3 is 10.1 Å². The molecule has 6 heteroatoms. The van der Waals surface area contributed by atoms with E-state index in [1.807, 2.05) is 0 Å². The monoisotopic (exact) mass is 355 g/mol. The third kappa shape index (κ3) is 3.39. The molecule has 1 N–H and O–H groups in total. The molecule has 0 aromatic heterocycles. The van der Waals surface area contributed by atoms with Crippen LogP contribution in [0.15, 0.2) is 34.8 Å². The van der Waals surface area contributed by atoms with Crippen molar-refractivity contribution in [3.05, 3.63) is 57.6 Å². The molecule has 21 heavy (non-hydrogen) atoms. The number of ether oxygens (including phenoxy) is 1. The zero-order valence-corrected chi connectivity index (χ0v) is 12.9. The number of anilines is 1. The molecule has 0 saturated carbocycles. The van der Waals surface area contributed by atoms with Crippen LogP contribution >= 0.6 is 15.9 Å². The van der Waals surface area contributed by atoms with Crippen LogP contribution in [0.5, 0.6) is 5.75 Å². The van der Waals surface area contributed by atoms with Gasteiger partial charge in [-0.2, -0.15) is 0 Å². The number of hydrogen-bond donors (Lipinski definition) is 1. The van der Waals surface area contributed by atoms with Crippen LogP contribution in [0.3, 0.4) is 0 Å². The highest BCUT2D eigenvalue weighted by Gasteiger charge is 2.13. The van der Waals surface area contributed by atoms with E-state index < -0.39 is 17.5 Å². The Morgan fingerprint density at radius 3 is 2.52 bits per heavy atom. The van der Waals surface area contributed by atoms with E-state index in [1.54, 1.807) is 13.0 Å². The number of amides is 1. The molecule has 0 fully saturated rings. The molecule has 3 nitrogen and oxygen atoms in total. The van der Waals surface area contributed by atoms with Gasteiger partial charge in [-0.05, 0) is 58.7 Å². The minimum Gasteiger partial charge on any atom is -0.494 e. The molecule has 0 radical (unpaired) electrons. The van der Waals surface area contributed by atoms with Crippen molar-refractivity contribution in [1.29, 1.82) is 0 Å². The van der Waals surface area contributed by atoms with Crippen LogP contribution in [-0.4, -0.2) is 13.0 Å². The summed E-state index contributed by atoms with van der Waals surface area (Å²) >= 11 is 3.07. The predicted octanol–water partition coefficient (Wildman–Crippen LogP) is 4.30. The zero-order valence-electron chi connectivity index (χ0n) is 11.3. The number of carbonyl (C=O) groups excluding carboxylic acids is 1. The molecule has 2 aromatic rings. The summed E-state index contributed by atoms with van der Waals surface area (Å²) in [7, 11) is 1.34. The SMILES string of the molecule is COc1ccc(C(=O)Nc2cc(F)c(Br)cc2C)cc1F. The van der Waals surface area contributed by atoms with Gasteiger partial charge in [0.05, 0.1) is 11.6 Å². The van der Waals surface area contributed by atoms with Gasteiger partial charge in [-0.25, -0.2) is 8.78 Å². The van der Waals surface area contributed by atoms with E-state index >= 15 is 0 Å². The van der Waals surface area contributed by atoms with Gasteiger partial charge in [0, 0.05) is 11.3 Å². The molecule has 0 saturated heterocycles. The quantitative estimate of drug-likeness (QED) is 0.891. The van der Waals surface area contributed by atoms with Gasteiger partial charge >= 0.3 is 0 Å². The Kier molecular flexibility index (Phi) is 4.57. The molecule has 1 amide bonds. The standard InChI is InChI=1S/C15H12BrF2NO2/c1-8-5-10(16)11(17)7-13(8)19-15(20)9-3-4-14(21-2)12(18)6-9/h3-7H,1-2H3,(H,19,20). The Morgan fingerprint density at radius 2 is 1.90 bits per heavy atom. The van der Waals surface area contributed by atoms with Crippen molar-refractivity contribution in [1.82, 2.24) is 0 Å². The van der Waals surface area contributed by atoms with E-state index in [1.165, 1.54) is 25.3 Å². The Morgan fingerprint density at radius 1 is 1.19 bits per heavy atom. The molecular formula is C15H12BrF2NO2. The summed E-state index contributed by atoms with van der Waals surface area (Å²) in [6.07, 6.45) is 0. The van der Waals surface area contributed by atoms with E-state index in [9.17, 15) is 13.6 Å². The lowest BCUT2D eigenvalue weighted by molar-refractivity contribution is 0.102. The number of rotatable bonds is 3. The average molecular weight is 356 g/mol. The molecule has 0 bridgehead atoms. The van der Waals surface area contributed by atoms with E-state index in [0.717, 1.165) is 6.07 Å². The first kappa shape index (κ1) is 15.4. The maximum absolute atomic E-state index is 13.6. The Labute approximate surface area is 129 Å². The number of aryl methyl sites for hydroxylation is 1. The smallest absolute Gasteiger partial charge is 0.255 e. The van der Waals surface area contributed by atoms with Crippen LogP contribution in [0, 0.1) is 18.6 Å². The number of carbonyl (C=O) groups is 1. The summed E-state index contributed by atoms with van der Waals surface area (Å²) in [4.78, 5) is 12.1. The largest absolute Gasteiger partial charge is 0.494 e. The van der Waals surface area contributed by atoms with Crippen LogP contribution in [0.25, 0.3) is 0 Å². The van der Waals surface area contributed by atoms with E-state index in [4.69, 9.17) is 4.74 Å². The maximum Gasteiger partial charge on any atom is 0.255 e. The highest BCUT2D eigenvalue weighted by Crippen LogP contribution is 2.25. The highest BCUT2D eigenvalue weighted by molar-refractivity contribution is 9.10. The summed E-state index contributed by atoms with van der Waals surface area (Å²) in [5.41, 5.74) is 1.14. The molecule has 0 aliphatic heterocycles. The fourth-order valence-corrected chi connectivity index (χ4v) is 2.24. The average Bonchev–Trinajstić information content (AvgIpc) is 2.44. The first-order valence-corrected chi connectivity index (χ1v) is 6.82. The molecule has 0 aliphatic carbocycles. The molecule has 0 spiro atoms. The van der Waals surface area contributed by atoms with Crippen LogP contribution in [0.4, 0.5) is 14.5 Å². The van der Waals surface area contributed by atoms with Crippen LogP contribution in [0.1, 0.15) is 15.9 Å². The first-order valence-electron chi connectivity index (χ1n) is 6.03. The van der Waals surface area contributed by atoms with Gasteiger partial charge in [-0.3, -0.25) is 4.79 Å². The number of halogens is 3. The van der Waals surface area contributed by atoms with Gasteiger partial charge in [0.1, 0.15) is 5.82 Å². The van der Waals surface area contributed by atoms with Crippen molar-refractivity contribution in [3.8, 4) is 5.75 Å². The van der Waals surface area contributed by atoms with Gasteiger partial charge in [0.15, 0.2) is 11.6 Å². The Hall–Kier alpha value is -1.95. The van der Waals surface area contributed by atoms with Gasteiger partial charge in [-0.15, -0.1) is 0 Å². The molecule has 0 aliphatic rings. The maximum atomic E-state index is 13.6. The lowest BCUT2D eigenvalue weighted by Crippen LogP contribution is -2.13. The Balaban J connectivity index is 2.26. The third-order valence-corrected chi connectivity index (χ3v) is 3.54. The molecule has 0 heterocycles. The second kappa shape index (κ2) is 6.22. The van der Waals surface area contributed by atoms with Crippen molar-refractivity contribution < 1.29 is 18.3 Å². The molecule has 2 rings (SSSR count). The van der Waals surface area contributed by atoms with E-state index in [2.05, 4.69) is 21.2 Å². The zero-order chi connectivity index (χ0) is 15.6. The molecule has 0 unspecified atom stereocenters. The minimum atomic E-state index is -0.635. The molecule has 110 valence electrons. The Bertz CT molecular complexity index is 704. The summed E-state index contributed by atoms with van der Waals surface area (Å²) in [5, 5.41) is 2.55. The minimum absolute atomic E-state index is 0.0532. The number of methoxy groups -OCH3 is 1. The lowest BCUT2D eigenvalue weighted by atomic mass is 10.1. The van der Waals surface area contributed by atoms with Crippen molar-refractivity contribution in [2.75, 3.05) is 12.4 Å². The van der Waals surface area contributed by atoms with Gasteiger partial charge in [0.25, 0.3) is 5.91 Å². The fourth-order valence-electron chi connectivity index (χ4n) is 1.78. The summed E-state index contributed by atoms with van der Waals surface area (Å²) < 4.78 is 32.2. The number of benzene rings is 2. The first-order chi connectivity index (χ1) is 9.92. The third-order valence-electron chi connectivity index (χ3n) is 2.93. The van der Waals surface area contributed by atoms with E-state index in [-0.39, 0.29) is 11.3 Å². The van der Waals surface area contributed by atoms with Crippen LogP contribution in [0.2, 0.25) is 0 Å². The second-order valence-corrected chi connectivity index (χ2v) is 5.24. The normalized spacial score (nSPS) is 10.3. The topological polar surface area (TPSA) is 38.3 Å². The molecule has 2 aromatic carbocycles. The van der Waals surface area contributed by atoms with Gasteiger partial charge in [0.2, 0.25) is 0 Å². The van der Waals surface area contributed by atoms with Crippen LogP contribution in [-0.2, 0) is 0 Å². The molecule has 0 atom stereocenters. The highest BCUT2D eigenvalue weighted by atomic mass is 79.9. The van der Waals surface area contributed by atoms with Crippen molar-refractivity contribution in [2.45, 2.75) is 6.92 Å². The van der Waals surface area contributed by atoms with Crippen LogP contribution < -0.4 is 10.1 Å². The van der Waals surface area contributed by atoms with Gasteiger partial charge in [-0.1, -0.05) is 0 Å². The number of hydrogen-bond acceptors (Lipinski definition) is 2. The van der Waals surface area contributed by atoms with Crippen molar-refractivity contribution in [2.24, 2.45) is 0 Å². The summed E-state index contributed by atoms with van der Waals surface area (Å²) in [5.74, 6) is -1.60. The molecular weight excluding hydrogens is 344 g/mol. The van der Waals surface area contributed by atoms with Crippen molar-refractivity contribution in [3.63, 3.8) is 0 Å². The number of nitrogens with one attached hydrogen (secondary N) is 1. The fraction of sp³-hybridized carbons (Fsp3) is 0.133. The van der Waals surface area contributed by atoms with Crippen molar-refractivity contribution >= 4 is 27.5 Å². The van der Waals surface area contributed by atoms with E-state index in [0.29, 0.717) is 15.7 Å². The summed E-state index contributed by atoms with van der Waals surface area (Å²) in [6.45, 7) is 1.73. The summed E-state index contributed by atoms with van der Waals surface area (Å²) in [6, 6.07) is 6.62. The predicted molar refractivity (Wildman–Crippen MR) is 79.7 cm³/mol. The second-order valence-electron chi connectivity index (χ2n) is 4.38. The lowest BCUT2D eigenvalue weighted by Gasteiger charge is -2.10.